The van der Waals surface area contributed by atoms with Gasteiger partial charge < -0.3 is 24.2 Å². The SMILES string of the molecule is COC(CO[C@H]1CCN(c2ccc(C3c4ccc(O)cc4CC[C@@H]3c3ccccc3)cc2)C1)OC. The summed E-state index contributed by atoms with van der Waals surface area (Å²) in [4.78, 5) is 2.39. The van der Waals surface area contributed by atoms with Crippen molar-refractivity contribution in [2.45, 2.75) is 43.5 Å². The van der Waals surface area contributed by atoms with E-state index in [-0.39, 0.29) is 18.3 Å². The second-order valence-corrected chi connectivity index (χ2v) is 9.60. The highest BCUT2D eigenvalue weighted by atomic mass is 16.7. The van der Waals surface area contributed by atoms with Gasteiger partial charge in [0.25, 0.3) is 0 Å². The third kappa shape index (κ3) is 5.22. The number of anilines is 1. The Kier molecular flexibility index (Phi) is 7.37. The Balaban J connectivity index is 1.35. The minimum Gasteiger partial charge on any atom is -0.508 e. The lowest BCUT2D eigenvalue weighted by Crippen LogP contribution is -2.27. The van der Waals surface area contributed by atoms with Gasteiger partial charge in [0.15, 0.2) is 6.29 Å². The lowest BCUT2D eigenvalue weighted by molar-refractivity contribution is -0.149. The molecule has 1 N–H and O–H groups in total. The highest BCUT2D eigenvalue weighted by Gasteiger charge is 2.32. The van der Waals surface area contributed by atoms with Crippen LogP contribution in [0.4, 0.5) is 5.69 Å². The first-order valence-corrected chi connectivity index (χ1v) is 12.5. The minimum atomic E-state index is -0.318. The van der Waals surface area contributed by atoms with Crippen molar-refractivity contribution in [1.29, 1.82) is 0 Å². The molecular weight excluding hydrogens is 438 g/mol. The van der Waals surface area contributed by atoms with E-state index in [9.17, 15) is 5.11 Å². The fourth-order valence-corrected chi connectivity index (χ4v) is 5.72. The summed E-state index contributed by atoms with van der Waals surface area (Å²) in [5, 5.41) is 10.1. The van der Waals surface area contributed by atoms with Gasteiger partial charge in [-0.15, -0.1) is 0 Å². The number of phenols is 1. The fraction of sp³-hybridized carbons (Fsp3) is 0.400. The third-order valence-corrected chi connectivity index (χ3v) is 7.57. The fourth-order valence-electron chi connectivity index (χ4n) is 5.72. The lowest BCUT2D eigenvalue weighted by Gasteiger charge is -2.35. The van der Waals surface area contributed by atoms with Gasteiger partial charge in [0, 0.05) is 38.9 Å². The van der Waals surface area contributed by atoms with Crippen LogP contribution in [0.15, 0.2) is 72.8 Å². The van der Waals surface area contributed by atoms with Crippen LogP contribution in [0.1, 0.15) is 46.9 Å². The molecule has 5 rings (SSSR count). The molecule has 0 amide bonds. The van der Waals surface area contributed by atoms with Crippen LogP contribution >= 0.6 is 0 Å². The normalized spacial score (nSPS) is 21.9. The summed E-state index contributed by atoms with van der Waals surface area (Å²) in [7, 11) is 3.27. The van der Waals surface area contributed by atoms with E-state index >= 15 is 0 Å². The van der Waals surface area contributed by atoms with Crippen molar-refractivity contribution in [3.63, 3.8) is 0 Å². The van der Waals surface area contributed by atoms with E-state index in [2.05, 4.69) is 65.6 Å². The molecule has 1 aliphatic carbocycles. The van der Waals surface area contributed by atoms with E-state index in [1.165, 1.54) is 27.9 Å². The lowest BCUT2D eigenvalue weighted by atomic mass is 9.69. The highest BCUT2D eigenvalue weighted by molar-refractivity contribution is 5.53. The Morgan fingerprint density at radius 2 is 1.69 bits per heavy atom. The number of aryl methyl sites for hydroxylation is 1. The van der Waals surface area contributed by atoms with Crippen LogP contribution in [-0.4, -0.2) is 51.4 Å². The molecule has 0 radical (unpaired) electrons. The van der Waals surface area contributed by atoms with E-state index in [0.29, 0.717) is 18.3 Å². The molecule has 1 saturated heterocycles. The number of rotatable bonds is 8. The number of hydrogen-bond acceptors (Lipinski definition) is 5. The van der Waals surface area contributed by atoms with Crippen molar-refractivity contribution in [2.24, 2.45) is 0 Å². The summed E-state index contributed by atoms with van der Waals surface area (Å²) in [6, 6.07) is 25.8. The van der Waals surface area contributed by atoms with E-state index in [0.717, 1.165) is 32.4 Å². The van der Waals surface area contributed by atoms with Crippen LogP contribution in [0.5, 0.6) is 5.75 Å². The number of phenolic OH excluding ortho intramolecular Hbond substituents is 1. The predicted molar refractivity (Wildman–Crippen MR) is 138 cm³/mol. The van der Waals surface area contributed by atoms with Crippen LogP contribution in [0.25, 0.3) is 0 Å². The number of aromatic hydroxyl groups is 1. The molecule has 0 aromatic heterocycles. The van der Waals surface area contributed by atoms with E-state index in [4.69, 9.17) is 14.2 Å². The predicted octanol–water partition coefficient (Wildman–Crippen LogP) is 5.47. The topological polar surface area (TPSA) is 51.2 Å². The monoisotopic (exact) mass is 473 g/mol. The van der Waals surface area contributed by atoms with E-state index < -0.39 is 0 Å². The molecule has 1 fully saturated rings. The largest absolute Gasteiger partial charge is 0.508 e. The molecule has 0 bridgehead atoms. The average molecular weight is 474 g/mol. The van der Waals surface area contributed by atoms with Gasteiger partial charge in [-0.2, -0.15) is 0 Å². The molecule has 2 aliphatic rings. The van der Waals surface area contributed by atoms with Gasteiger partial charge in [0.05, 0.1) is 12.7 Å². The van der Waals surface area contributed by atoms with Crippen molar-refractivity contribution in [1.82, 2.24) is 0 Å². The number of hydrogen-bond donors (Lipinski definition) is 1. The summed E-state index contributed by atoms with van der Waals surface area (Å²) >= 11 is 0. The Morgan fingerprint density at radius 1 is 0.914 bits per heavy atom. The average Bonchev–Trinajstić information content (AvgIpc) is 3.38. The van der Waals surface area contributed by atoms with Crippen molar-refractivity contribution in [3.8, 4) is 5.75 Å². The summed E-state index contributed by atoms with van der Waals surface area (Å²) in [6.45, 7) is 2.30. The highest BCUT2D eigenvalue weighted by Crippen LogP contribution is 2.47. The second-order valence-electron chi connectivity index (χ2n) is 9.60. The van der Waals surface area contributed by atoms with Crippen LogP contribution in [0.2, 0.25) is 0 Å². The Labute approximate surface area is 208 Å². The first-order valence-electron chi connectivity index (χ1n) is 12.5. The molecule has 0 saturated carbocycles. The summed E-state index contributed by atoms with van der Waals surface area (Å²) < 4.78 is 16.5. The van der Waals surface area contributed by atoms with Gasteiger partial charge in [0.2, 0.25) is 0 Å². The Hall–Kier alpha value is -2.86. The smallest absolute Gasteiger partial charge is 0.180 e. The molecule has 5 heteroatoms. The minimum absolute atomic E-state index is 0.183. The zero-order valence-electron chi connectivity index (χ0n) is 20.6. The molecular formula is C30H35NO4. The first kappa shape index (κ1) is 23.9. The molecule has 3 aromatic carbocycles. The van der Waals surface area contributed by atoms with Crippen LogP contribution in [-0.2, 0) is 20.6 Å². The zero-order valence-corrected chi connectivity index (χ0v) is 20.6. The van der Waals surface area contributed by atoms with Crippen LogP contribution < -0.4 is 4.90 Å². The molecule has 1 unspecified atom stereocenters. The first-order chi connectivity index (χ1) is 17.2. The van der Waals surface area contributed by atoms with Gasteiger partial charge in [-0.25, -0.2) is 0 Å². The standard InChI is InChI=1S/C30H35NO4/c1-33-29(34-2)20-35-26-16-17-31(19-26)24-11-8-22(9-12-24)30-27(21-6-4-3-5-7-21)14-10-23-18-25(32)13-15-28(23)30/h3-9,11-13,15,18,26-27,29-30,32H,10,14,16-17,19-20H2,1-2H3/t26-,27+,30?/m0/s1. The Bertz CT molecular complexity index is 1100. The zero-order chi connectivity index (χ0) is 24.2. The maximum absolute atomic E-state index is 10.1. The summed E-state index contributed by atoms with van der Waals surface area (Å²) in [6.07, 6.45) is 2.92. The van der Waals surface area contributed by atoms with Gasteiger partial charge in [-0.1, -0.05) is 48.5 Å². The molecule has 1 heterocycles. The van der Waals surface area contributed by atoms with Crippen molar-refractivity contribution >= 4 is 5.69 Å². The number of ether oxygens (including phenoxy) is 3. The number of fused-ring (bicyclic) bond motifs is 1. The van der Waals surface area contributed by atoms with Gasteiger partial charge in [-0.3, -0.25) is 0 Å². The quantitative estimate of drug-likeness (QED) is 0.440. The molecule has 35 heavy (non-hydrogen) atoms. The van der Waals surface area contributed by atoms with Crippen molar-refractivity contribution in [2.75, 3.05) is 38.8 Å². The molecule has 1 aliphatic heterocycles. The number of nitrogens with zero attached hydrogens (tertiary/aromatic N) is 1. The molecule has 0 spiro atoms. The molecule has 5 nitrogen and oxygen atoms in total. The molecule has 3 atom stereocenters. The van der Waals surface area contributed by atoms with Gasteiger partial charge in [0.1, 0.15) is 5.75 Å². The van der Waals surface area contributed by atoms with Gasteiger partial charge >= 0.3 is 0 Å². The van der Waals surface area contributed by atoms with Crippen LogP contribution in [0, 0.1) is 0 Å². The summed E-state index contributed by atoms with van der Waals surface area (Å²) in [5.74, 6) is 1.03. The molecule has 3 aromatic rings. The number of benzene rings is 3. The van der Waals surface area contributed by atoms with E-state index in [1.807, 2.05) is 12.1 Å². The Morgan fingerprint density at radius 3 is 2.43 bits per heavy atom. The van der Waals surface area contributed by atoms with E-state index in [1.54, 1.807) is 14.2 Å². The third-order valence-electron chi connectivity index (χ3n) is 7.57. The maximum Gasteiger partial charge on any atom is 0.180 e. The molecule has 184 valence electrons. The second kappa shape index (κ2) is 10.8. The van der Waals surface area contributed by atoms with Crippen molar-refractivity contribution < 1.29 is 19.3 Å². The number of methoxy groups -OCH3 is 2. The van der Waals surface area contributed by atoms with Crippen LogP contribution in [0.3, 0.4) is 0 Å². The summed E-state index contributed by atoms with van der Waals surface area (Å²) in [5.41, 5.74) is 6.52. The van der Waals surface area contributed by atoms with Crippen molar-refractivity contribution in [3.05, 3.63) is 95.1 Å². The maximum atomic E-state index is 10.1. The van der Waals surface area contributed by atoms with Gasteiger partial charge in [-0.05, 0) is 71.7 Å².